The van der Waals surface area contributed by atoms with Gasteiger partial charge in [-0.25, -0.2) is 0 Å². The van der Waals surface area contributed by atoms with Gasteiger partial charge in [-0.2, -0.15) is 17.9 Å². The Balaban J connectivity index is 3.08. The van der Waals surface area contributed by atoms with Crippen LogP contribution in [0.4, 0.5) is 0 Å². The molecule has 1 rings (SSSR count). The first-order valence-electron chi connectivity index (χ1n) is 3.68. The van der Waals surface area contributed by atoms with Crippen molar-refractivity contribution in [2.75, 3.05) is 5.75 Å². The number of H-pyrrole nitrogens is 1. The number of rotatable bonds is 2. The summed E-state index contributed by atoms with van der Waals surface area (Å²) in [5, 5.41) is 8.56. The highest BCUT2D eigenvalue weighted by molar-refractivity contribution is 7.80. The summed E-state index contributed by atoms with van der Waals surface area (Å²) in [5.41, 5.74) is 0.567. The van der Waals surface area contributed by atoms with E-state index in [1.807, 2.05) is 12.1 Å². The molecule has 0 spiro atoms. The van der Waals surface area contributed by atoms with E-state index in [4.69, 9.17) is 5.26 Å². The smallest absolute Gasteiger partial charge is 0.265 e. The number of hydrogen-bond donors (Lipinski definition) is 2. The molecule has 0 radical (unpaired) electrons. The molecule has 0 unspecified atom stereocenters. The van der Waals surface area contributed by atoms with E-state index in [1.54, 1.807) is 18.3 Å². The van der Waals surface area contributed by atoms with Gasteiger partial charge in [-0.1, -0.05) is 12.2 Å². The molecule has 0 bridgehead atoms. The van der Waals surface area contributed by atoms with E-state index in [2.05, 4.69) is 17.6 Å². The third-order valence-corrected chi connectivity index (χ3v) is 1.67. The Kier molecular flexibility index (Phi) is 3.35. The van der Waals surface area contributed by atoms with Gasteiger partial charge >= 0.3 is 0 Å². The fourth-order valence-electron chi connectivity index (χ4n) is 0.869. The van der Waals surface area contributed by atoms with Crippen molar-refractivity contribution in [2.45, 2.75) is 0 Å². The lowest BCUT2D eigenvalue weighted by Gasteiger charge is -1.92. The summed E-state index contributed by atoms with van der Waals surface area (Å²) >= 11 is 4.00. The molecule has 3 nitrogen and oxygen atoms in total. The maximum absolute atomic E-state index is 11.0. The van der Waals surface area contributed by atoms with E-state index in [1.165, 1.54) is 0 Å². The summed E-state index contributed by atoms with van der Waals surface area (Å²) in [6.07, 6.45) is 5.19. The second kappa shape index (κ2) is 4.53. The fourth-order valence-corrected chi connectivity index (χ4v) is 0.974. The molecule has 1 aromatic heterocycles. The van der Waals surface area contributed by atoms with E-state index in [-0.39, 0.29) is 11.1 Å². The normalized spacial score (nSPS) is 10.2. The molecule has 1 heterocycles. The average Bonchev–Trinajstić information content (AvgIpc) is 2.16. The standard InChI is InChI=1S/C9H8N2OS/c10-5-8-4-7(2-1-3-13)6-11-9(8)12/h1-2,4,6,13H,3H2,(H,11,12). The molecule has 0 amide bonds. The maximum Gasteiger partial charge on any atom is 0.265 e. The molecular weight excluding hydrogens is 184 g/mol. The van der Waals surface area contributed by atoms with Crippen molar-refractivity contribution >= 4 is 18.7 Å². The third kappa shape index (κ3) is 2.49. The van der Waals surface area contributed by atoms with Crippen molar-refractivity contribution in [3.63, 3.8) is 0 Å². The molecule has 1 N–H and O–H groups in total. The lowest BCUT2D eigenvalue weighted by atomic mass is 10.2. The number of pyridine rings is 1. The van der Waals surface area contributed by atoms with Gasteiger partial charge in [-0.3, -0.25) is 4.79 Å². The molecule has 0 fully saturated rings. The minimum absolute atomic E-state index is 0.126. The SMILES string of the molecule is N#Cc1cc(C=CCS)c[nH]c1=O. The third-order valence-electron chi connectivity index (χ3n) is 1.46. The van der Waals surface area contributed by atoms with Crippen LogP contribution in [0.5, 0.6) is 0 Å². The quantitative estimate of drug-likeness (QED) is 0.691. The molecule has 0 aliphatic carbocycles. The lowest BCUT2D eigenvalue weighted by Crippen LogP contribution is -2.08. The predicted molar refractivity (Wildman–Crippen MR) is 54.7 cm³/mol. The van der Waals surface area contributed by atoms with Crippen molar-refractivity contribution < 1.29 is 0 Å². The number of hydrogen-bond acceptors (Lipinski definition) is 3. The number of thiol groups is 1. The van der Waals surface area contributed by atoms with Gasteiger partial charge in [0.2, 0.25) is 0 Å². The first-order valence-corrected chi connectivity index (χ1v) is 4.31. The molecule has 0 aliphatic heterocycles. The summed E-state index contributed by atoms with van der Waals surface area (Å²) in [4.78, 5) is 13.4. The largest absolute Gasteiger partial charge is 0.327 e. The van der Waals surface area contributed by atoms with Gasteiger partial charge in [-0.15, -0.1) is 0 Å². The van der Waals surface area contributed by atoms with Gasteiger partial charge in [0.1, 0.15) is 11.6 Å². The number of aromatic amines is 1. The Morgan fingerprint density at radius 1 is 1.69 bits per heavy atom. The fraction of sp³-hybridized carbons (Fsp3) is 0.111. The number of nitriles is 1. The lowest BCUT2D eigenvalue weighted by molar-refractivity contribution is 1.21. The Labute approximate surface area is 81.1 Å². The van der Waals surface area contributed by atoms with E-state index >= 15 is 0 Å². The topological polar surface area (TPSA) is 56.6 Å². The highest BCUT2D eigenvalue weighted by atomic mass is 32.1. The maximum atomic E-state index is 11.0. The minimum Gasteiger partial charge on any atom is -0.327 e. The number of aromatic nitrogens is 1. The second-order valence-corrected chi connectivity index (χ2v) is 2.74. The Bertz CT molecular complexity index is 414. The molecule has 4 heteroatoms. The van der Waals surface area contributed by atoms with Crippen LogP contribution in [0.15, 0.2) is 23.1 Å². The number of nitrogens with zero attached hydrogens (tertiary/aromatic N) is 1. The van der Waals surface area contributed by atoms with Crippen LogP contribution in [0.1, 0.15) is 11.1 Å². The van der Waals surface area contributed by atoms with Gasteiger partial charge in [0.15, 0.2) is 0 Å². The predicted octanol–water partition coefficient (Wildman–Crippen LogP) is 1.19. The molecule has 0 atom stereocenters. The van der Waals surface area contributed by atoms with Gasteiger partial charge in [0.05, 0.1) is 0 Å². The summed E-state index contributed by atoms with van der Waals surface area (Å²) in [7, 11) is 0. The average molecular weight is 192 g/mol. The van der Waals surface area contributed by atoms with Crippen molar-refractivity contribution in [1.82, 2.24) is 4.98 Å². The molecule has 0 saturated carbocycles. The molecule has 0 aliphatic rings. The zero-order valence-electron chi connectivity index (χ0n) is 6.82. The first kappa shape index (κ1) is 9.62. The highest BCUT2D eigenvalue weighted by Gasteiger charge is 1.96. The van der Waals surface area contributed by atoms with Gasteiger partial charge < -0.3 is 4.98 Å². The van der Waals surface area contributed by atoms with Crippen LogP contribution in [0.25, 0.3) is 6.08 Å². The van der Waals surface area contributed by atoms with Crippen molar-refractivity contribution in [2.24, 2.45) is 0 Å². The highest BCUT2D eigenvalue weighted by Crippen LogP contribution is 2.00. The molecule has 0 aromatic carbocycles. The Morgan fingerprint density at radius 2 is 2.46 bits per heavy atom. The first-order chi connectivity index (χ1) is 6.27. The number of nitrogens with one attached hydrogen (secondary N) is 1. The van der Waals surface area contributed by atoms with Crippen molar-refractivity contribution in [3.8, 4) is 6.07 Å². The van der Waals surface area contributed by atoms with Crippen LogP contribution < -0.4 is 5.56 Å². The van der Waals surface area contributed by atoms with Crippen LogP contribution in [0, 0.1) is 11.3 Å². The molecule has 13 heavy (non-hydrogen) atoms. The van der Waals surface area contributed by atoms with Gasteiger partial charge in [0, 0.05) is 11.9 Å². The van der Waals surface area contributed by atoms with E-state index < -0.39 is 0 Å². The summed E-state index contributed by atoms with van der Waals surface area (Å²) in [6.45, 7) is 0. The van der Waals surface area contributed by atoms with Crippen LogP contribution in [0.3, 0.4) is 0 Å². The van der Waals surface area contributed by atoms with Gasteiger partial charge in [-0.05, 0) is 11.6 Å². The zero-order valence-corrected chi connectivity index (χ0v) is 7.71. The zero-order chi connectivity index (χ0) is 9.68. The molecule has 66 valence electrons. The molecule has 0 saturated heterocycles. The van der Waals surface area contributed by atoms with E-state index in [9.17, 15) is 4.79 Å². The second-order valence-electron chi connectivity index (χ2n) is 2.37. The summed E-state index contributed by atoms with van der Waals surface area (Å²) < 4.78 is 0. The van der Waals surface area contributed by atoms with Crippen LogP contribution in [-0.2, 0) is 0 Å². The van der Waals surface area contributed by atoms with Gasteiger partial charge in [0.25, 0.3) is 5.56 Å². The minimum atomic E-state index is -0.356. The van der Waals surface area contributed by atoms with Crippen LogP contribution in [-0.4, -0.2) is 10.7 Å². The van der Waals surface area contributed by atoms with E-state index in [0.717, 1.165) is 5.56 Å². The Morgan fingerprint density at radius 3 is 3.08 bits per heavy atom. The molecule has 1 aromatic rings. The monoisotopic (exact) mass is 192 g/mol. The van der Waals surface area contributed by atoms with Crippen molar-refractivity contribution in [1.29, 1.82) is 5.26 Å². The van der Waals surface area contributed by atoms with Crippen LogP contribution >= 0.6 is 12.6 Å². The molecular formula is C9H8N2OS. The summed E-state index contributed by atoms with van der Waals surface area (Å²) in [5.74, 6) is 0.626. The van der Waals surface area contributed by atoms with E-state index in [0.29, 0.717) is 5.75 Å². The van der Waals surface area contributed by atoms with Crippen LogP contribution in [0.2, 0.25) is 0 Å². The van der Waals surface area contributed by atoms with Crippen molar-refractivity contribution in [3.05, 3.63) is 39.8 Å². The Hall–Kier alpha value is -1.47. The summed E-state index contributed by atoms with van der Waals surface area (Å²) in [6, 6.07) is 3.36.